The molecule has 0 saturated heterocycles. The number of carbonyl (C=O) groups excluding carboxylic acids is 1. The van der Waals surface area contributed by atoms with Gasteiger partial charge in [0, 0.05) is 4.47 Å². The Balaban J connectivity index is 1.94. The predicted octanol–water partition coefficient (Wildman–Crippen LogP) is 2.35. The molecule has 1 aliphatic rings. The van der Waals surface area contributed by atoms with Crippen molar-refractivity contribution >= 4 is 33.5 Å². The van der Waals surface area contributed by atoms with Gasteiger partial charge in [-0.25, -0.2) is 4.98 Å². The number of benzene rings is 1. The SMILES string of the molecule is Nc1ccc2c(n1)N(Cc1ccc(Br)cc1)C(=O)CO2. The second-order valence-electron chi connectivity index (χ2n) is 4.45. The number of halogens is 1. The van der Waals surface area contributed by atoms with Crippen molar-refractivity contribution in [2.24, 2.45) is 0 Å². The van der Waals surface area contributed by atoms with Crippen molar-refractivity contribution < 1.29 is 9.53 Å². The number of pyridine rings is 1. The average molecular weight is 334 g/mol. The molecule has 1 amide bonds. The molecule has 0 radical (unpaired) electrons. The van der Waals surface area contributed by atoms with Gasteiger partial charge in [0.05, 0.1) is 6.54 Å². The summed E-state index contributed by atoms with van der Waals surface area (Å²) in [6, 6.07) is 11.2. The minimum atomic E-state index is -0.126. The number of fused-ring (bicyclic) bond motifs is 1. The molecule has 1 aromatic heterocycles. The first-order chi connectivity index (χ1) is 9.63. The van der Waals surface area contributed by atoms with Gasteiger partial charge in [-0.3, -0.25) is 9.69 Å². The number of nitrogens with zero attached hydrogens (tertiary/aromatic N) is 2. The van der Waals surface area contributed by atoms with Crippen LogP contribution in [0.25, 0.3) is 0 Å². The summed E-state index contributed by atoms with van der Waals surface area (Å²) < 4.78 is 6.36. The van der Waals surface area contributed by atoms with Crippen molar-refractivity contribution in [1.29, 1.82) is 0 Å². The highest BCUT2D eigenvalue weighted by Crippen LogP contribution is 2.31. The Labute approximate surface area is 124 Å². The van der Waals surface area contributed by atoms with Gasteiger partial charge < -0.3 is 10.5 Å². The van der Waals surface area contributed by atoms with E-state index >= 15 is 0 Å². The van der Waals surface area contributed by atoms with Crippen LogP contribution in [-0.4, -0.2) is 17.5 Å². The molecule has 6 heteroatoms. The average Bonchev–Trinajstić information content (AvgIpc) is 2.44. The zero-order valence-electron chi connectivity index (χ0n) is 10.5. The van der Waals surface area contributed by atoms with Crippen LogP contribution < -0.4 is 15.4 Å². The Kier molecular flexibility index (Phi) is 3.31. The fraction of sp³-hybridized carbons (Fsp3) is 0.143. The van der Waals surface area contributed by atoms with Crippen molar-refractivity contribution in [3.63, 3.8) is 0 Å². The summed E-state index contributed by atoms with van der Waals surface area (Å²) in [5.74, 6) is 1.29. The zero-order valence-corrected chi connectivity index (χ0v) is 12.1. The van der Waals surface area contributed by atoms with Crippen molar-refractivity contribution in [2.45, 2.75) is 6.54 Å². The lowest BCUT2D eigenvalue weighted by molar-refractivity contribution is -0.121. The number of carbonyl (C=O) groups is 1. The first kappa shape index (κ1) is 12.9. The van der Waals surface area contributed by atoms with E-state index in [1.54, 1.807) is 17.0 Å². The maximum Gasteiger partial charge on any atom is 0.266 e. The number of ether oxygens (including phenoxy) is 1. The molecule has 0 aliphatic carbocycles. The van der Waals surface area contributed by atoms with Crippen LogP contribution in [0.1, 0.15) is 5.56 Å². The largest absolute Gasteiger partial charge is 0.480 e. The van der Waals surface area contributed by atoms with Gasteiger partial charge in [0.15, 0.2) is 18.2 Å². The molecule has 0 bridgehead atoms. The van der Waals surface area contributed by atoms with Crippen LogP contribution in [0.2, 0.25) is 0 Å². The van der Waals surface area contributed by atoms with E-state index in [9.17, 15) is 4.79 Å². The minimum absolute atomic E-state index is 0.0229. The van der Waals surface area contributed by atoms with Crippen molar-refractivity contribution in [1.82, 2.24) is 4.98 Å². The van der Waals surface area contributed by atoms with E-state index in [0.717, 1.165) is 10.0 Å². The molecule has 2 aromatic rings. The summed E-state index contributed by atoms with van der Waals surface area (Å²) in [6.07, 6.45) is 0. The number of hydrogen-bond acceptors (Lipinski definition) is 4. The molecule has 2 heterocycles. The van der Waals surface area contributed by atoms with Gasteiger partial charge >= 0.3 is 0 Å². The number of hydrogen-bond donors (Lipinski definition) is 1. The van der Waals surface area contributed by atoms with Crippen LogP contribution in [-0.2, 0) is 11.3 Å². The molecule has 20 heavy (non-hydrogen) atoms. The normalized spacial score (nSPS) is 13.8. The number of aromatic nitrogens is 1. The molecule has 5 nitrogen and oxygen atoms in total. The highest BCUT2D eigenvalue weighted by molar-refractivity contribution is 9.10. The molecule has 0 saturated carbocycles. The van der Waals surface area contributed by atoms with Gasteiger partial charge in [-0.2, -0.15) is 0 Å². The minimum Gasteiger partial charge on any atom is -0.480 e. The van der Waals surface area contributed by atoms with Crippen LogP contribution in [0.15, 0.2) is 40.9 Å². The van der Waals surface area contributed by atoms with Crippen molar-refractivity contribution in [3.8, 4) is 5.75 Å². The zero-order chi connectivity index (χ0) is 14.1. The van der Waals surface area contributed by atoms with Crippen LogP contribution in [0, 0.1) is 0 Å². The molecule has 102 valence electrons. The maximum atomic E-state index is 12.1. The van der Waals surface area contributed by atoms with Crippen LogP contribution in [0.3, 0.4) is 0 Å². The molecule has 0 unspecified atom stereocenters. The molecule has 1 aromatic carbocycles. The third kappa shape index (κ3) is 2.46. The van der Waals surface area contributed by atoms with E-state index in [1.807, 2.05) is 24.3 Å². The van der Waals surface area contributed by atoms with E-state index in [0.29, 0.717) is 23.9 Å². The summed E-state index contributed by atoms with van der Waals surface area (Å²) in [4.78, 5) is 17.9. The second-order valence-corrected chi connectivity index (χ2v) is 5.37. The van der Waals surface area contributed by atoms with Gasteiger partial charge in [0.1, 0.15) is 5.82 Å². The van der Waals surface area contributed by atoms with E-state index in [1.165, 1.54) is 0 Å². The number of anilines is 2. The Bertz CT molecular complexity index is 658. The van der Waals surface area contributed by atoms with E-state index in [4.69, 9.17) is 10.5 Å². The molecular formula is C14H12BrN3O2. The van der Waals surface area contributed by atoms with E-state index < -0.39 is 0 Å². The van der Waals surface area contributed by atoms with E-state index in [2.05, 4.69) is 20.9 Å². The fourth-order valence-electron chi connectivity index (χ4n) is 2.03. The Morgan fingerprint density at radius 1 is 1.25 bits per heavy atom. The predicted molar refractivity (Wildman–Crippen MR) is 79.5 cm³/mol. The lowest BCUT2D eigenvalue weighted by atomic mass is 10.2. The summed E-state index contributed by atoms with van der Waals surface area (Å²) in [5.41, 5.74) is 6.70. The molecule has 2 N–H and O–H groups in total. The summed E-state index contributed by atoms with van der Waals surface area (Å²) >= 11 is 3.39. The molecule has 0 atom stereocenters. The van der Waals surface area contributed by atoms with E-state index in [-0.39, 0.29) is 12.5 Å². The Hall–Kier alpha value is -2.08. The monoisotopic (exact) mass is 333 g/mol. The quantitative estimate of drug-likeness (QED) is 0.915. The number of nitrogen functional groups attached to an aromatic ring is 1. The van der Waals surface area contributed by atoms with Gasteiger partial charge in [-0.15, -0.1) is 0 Å². The van der Waals surface area contributed by atoms with Gasteiger partial charge in [-0.1, -0.05) is 28.1 Å². The van der Waals surface area contributed by atoms with Crippen LogP contribution in [0.5, 0.6) is 5.75 Å². The smallest absolute Gasteiger partial charge is 0.266 e. The van der Waals surface area contributed by atoms with Crippen LogP contribution in [0.4, 0.5) is 11.6 Å². The highest BCUT2D eigenvalue weighted by atomic mass is 79.9. The Morgan fingerprint density at radius 2 is 2.00 bits per heavy atom. The van der Waals surface area contributed by atoms with Gasteiger partial charge in [0.25, 0.3) is 5.91 Å². The highest BCUT2D eigenvalue weighted by Gasteiger charge is 2.27. The molecule has 1 aliphatic heterocycles. The third-order valence-corrected chi connectivity index (χ3v) is 3.55. The van der Waals surface area contributed by atoms with Crippen LogP contribution >= 0.6 is 15.9 Å². The summed E-state index contributed by atoms with van der Waals surface area (Å²) in [5, 5.41) is 0. The summed E-state index contributed by atoms with van der Waals surface area (Å²) in [7, 11) is 0. The molecule has 3 rings (SSSR count). The lowest BCUT2D eigenvalue weighted by Gasteiger charge is -2.28. The fourth-order valence-corrected chi connectivity index (χ4v) is 2.29. The summed E-state index contributed by atoms with van der Waals surface area (Å²) in [6.45, 7) is 0.466. The lowest BCUT2D eigenvalue weighted by Crippen LogP contribution is -2.39. The van der Waals surface area contributed by atoms with Gasteiger partial charge in [0.2, 0.25) is 0 Å². The second kappa shape index (κ2) is 5.13. The molecular weight excluding hydrogens is 322 g/mol. The number of amides is 1. The van der Waals surface area contributed by atoms with Gasteiger partial charge in [-0.05, 0) is 29.8 Å². The standard InChI is InChI=1S/C14H12BrN3O2/c15-10-3-1-9(2-4-10)7-18-13(19)8-20-11-5-6-12(16)17-14(11)18/h1-6H,7-8H2,(H2,16,17). The number of nitrogens with two attached hydrogens (primary N) is 1. The van der Waals surface area contributed by atoms with Crippen molar-refractivity contribution in [2.75, 3.05) is 17.2 Å². The first-order valence-corrected chi connectivity index (χ1v) is 6.87. The molecule has 0 spiro atoms. The molecule has 0 fully saturated rings. The van der Waals surface area contributed by atoms with Crippen molar-refractivity contribution in [3.05, 3.63) is 46.4 Å². The number of rotatable bonds is 2. The first-order valence-electron chi connectivity index (χ1n) is 6.07. The Morgan fingerprint density at radius 3 is 2.75 bits per heavy atom. The maximum absolute atomic E-state index is 12.1. The topological polar surface area (TPSA) is 68.5 Å². The third-order valence-electron chi connectivity index (χ3n) is 3.02.